The topological polar surface area (TPSA) is 27.7 Å². The van der Waals surface area contributed by atoms with E-state index in [4.69, 9.17) is 14.2 Å². The molecule has 0 bridgehead atoms. The minimum Gasteiger partial charge on any atom is -0.496 e. The zero-order chi connectivity index (χ0) is 13.8. The molecule has 1 unspecified atom stereocenters. The van der Waals surface area contributed by atoms with Crippen LogP contribution in [0.1, 0.15) is 0 Å². The average Bonchev–Trinajstić information content (AvgIpc) is 2.34. The molecule has 1 aromatic rings. The second-order valence-electron chi connectivity index (χ2n) is 3.37. The number of halogens is 4. The highest BCUT2D eigenvalue weighted by Crippen LogP contribution is 2.30. The summed E-state index contributed by atoms with van der Waals surface area (Å²) in [6.07, 6.45) is -4.34. The van der Waals surface area contributed by atoms with Gasteiger partial charge < -0.3 is 14.2 Å². The Labute approximate surface area is 111 Å². The summed E-state index contributed by atoms with van der Waals surface area (Å²) in [5.41, 5.74) is 0. The first-order valence-electron chi connectivity index (χ1n) is 4.93. The summed E-state index contributed by atoms with van der Waals surface area (Å²) in [5.74, 6) is 1.14. The molecular weight excluding hydrogens is 317 g/mol. The van der Waals surface area contributed by atoms with Crippen LogP contribution in [0.2, 0.25) is 0 Å². The summed E-state index contributed by atoms with van der Waals surface area (Å²) in [7, 11) is 2.89. The maximum atomic E-state index is 12.3. The molecule has 0 N–H and O–H groups in total. The van der Waals surface area contributed by atoms with E-state index in [1.165, 1.54) is 26.4 Å². The molecule has 0 aromatic heterocycles. The van der Waals surface area contributed by atoms with Gasteiger partial charge in [0, 0.05) is 18.2 Å². The highest BCUT2D eigenvalue weighted by Gasteiger charge is 2.38. The summed E-state index contributed by atoms with van der Waals surface area (Å²) in [5, 5.41) is 0. The molecule has 18 heavy (non-hydrogen) atoms. The fraction of sp³-hybridized carbons (Fsp3) is 0.455. The van der Waals surface area contributed by atoms with Crippen LogP contribution in [0.4, 0.5) is 13.2 Å². The molecule has 1 aromatic carbocycles. The minimum absolute atomic E-state index is 0.250. The van der Waals surface area contributed by atoms with Crippen molar-refractivity contribution in [1.82, 2.24) is 0 Å². The Kier molecular flexibility index (Phi) is 5.13. The summed E-state index contributed by atoms with van der Waals surface area (Å²) in [6.45, 7) is -0.528. The Morgan fingerprint density at radius 1 is 1.06 bits per heavy atom. The number of hydrogen-bond donors (Lipinski definition) is 0. The van der Waals surface area contributed by atoms with Crippen LogP contribution in [-0.4, -0.2) is 31.8 Å². The minimum atomic E-state index is -4.34. The van der Waals surface area contributed by atoms with Gasteiger partial charge in [0.2, 0.25) is 0 Å². The molecule has 0 heterocycles. The highest BCUT2D eigenvalue weighted by atomic mass is 79.9. The molecule has 0 spiro atoms. The Bertz CT molecular complexity index is 373. The number of benzene rings is 1. The van der Waals surface area contributed by atoms with E-state index in [0.717, 1.165) is 0 Å². The van der Waals surface area contributed by atoms with Gasteiger partial charge in [-0.25, -0.2) is 0 Å². The third kappa shape index (κ3) is 4.29. The van der Waals surface area contributed by atoms with Gasteiger partial charge in [-0.15, -0.1) is 0 Å². The van der Waals surface area contributed by atoms with Crippen molar-refractivity contribution >= 4 is 15.9 Å². The highest BCUT2D eigenvalue weighted by molar-refractivity contribution is 9.09. The Morgan fingerprint density at radius 2 is 1.50 bits per heavy atom. The maximum absolute atomic E-state index is 12.3. The van der Waals surface area contributed by atoms with E-state index in [1.807, 2.05) is 0 Å². The van der Waals surface area contributed by atoms with Crippen LogP contribution in [-0.2, 0) is 0 Å². The molecule has 0 amide bonds. The predicted octanol–water partition coefficient (Wildman–Crippen LogP) is 3.41. The van der Waals surface area contributed by atoms with Gasteiger partial charge in [0.05, 0.1) is 14.2 Å². The molecule has 7 heteroatoms. The lowest BCUT2D eigenvalue weighted by molar-refractivity contribution is -0.132. The fourth-order valence-electron chi connectivity index (χ4n) is 1.13. The van der Waals surface area contributed by atoms with Gasteiger partial charge in [0.15, 0.2) is 0 Å². The monoisotopic (exact) mass is 328 g/mol. The van der Waals surface area contributed by atoms with Gasteiger partial charge in [-0.3, -0.25) is 0 Å². The van der Waals surface area contributed by atoms with Gasteiger partial charge in [-0.2, -0.15) is 13.2 Å². The zero-order valence-corrected chi connectivity index (χ0v) is 11.3. The van der Waals surface area contributed by atoms with Crippen LogP contribution in [0.3, 0.4) is 0 Å². The largest absolute Gasteiger partial charge is 0.496 e. The Hall–Kier alpha value is -1.11. The molecule has 0 aliphatic rings. The van der Waals surface area contributed by atoms with Crippen molar-refractivity contribution in [1.29, 1.82) is 0 Å². The maximum Gasteiger partial charge on any atom is 0.404 e. The first-order valence-corrected chi connectivity index (χ1v) is 5.85. The van der Waals surface area contributed by atoms with Crippen LogP contribution in [0.5, 0.6) is 17.2 Å². The molecule has 0 aliphatic heterocycles. The SMILES string of the molecule is COc1cc(OC)cc(OCC(Br)C(F)(F)F)c1. The van der Waals surface area contributed by atoms with Gasteiger partial charge in [0.1, 0.15) is 28.7 Å². The second-order valence-corrected chi connectivity index (χ2v) is 4.47. The first-order chi connectivity index (χ1) is 8.36. The number of hydrogen-bond acceptors (Lipinski definition) is 3. The van der Waals surface area contributed by atoms with Crippen molar-refractivity contribution in [2.75, 3.05) is 20.8 Å². The number of methoxy groups -OCH3 is 2. The average molecular weight is 329 g/mol. The summed E-state index contributed by atoms with van der Waals surface area (Å²) in [4.78, 5) is -1.72. The van der Waals surface area contributed by atoms with Crippen molar-refractivity contribution in [2.45, 2.75) is 11.0 Å². The molecule has 102 valence electrons. The Morgan fingerprint density at radius 3 is 1.89 bits per heavy atom. The van der Waals surface area contributed by atoms with Crippen LogP contribution in [0, 0.1) is 0 Å². The van der Waals surface area contributed by atoms with E-state index >= 15 is 0 Å². The number of alkyl halides is 4. The normalized spacial score (nSPS) is 13.0. The van der Waals surface area contributed by atoms with Crippen LogP contribution in [0.25, 0.3) is 0 Å². The standard InChI is InChI=1S/C11H12BrF3O3/c1-16-7-3-8(17-2)5-9(4-7)18-6-10(12)11(13,14)15/h3-5,10H,6H2,1-2H3. The van der Waals surface area contributed by atoms with Crippen molar-refractivity contribution in [3.05, 3.63) is 18.2 Å². The van der Waals surface area contributed by atoms with Gasteiger partial charge in [0.25, 0.3) is 0 Å². The predicted molar refractivity (Wildman–Crippen MR) is 63.8 cm³/mol. The summed E-state index contributed by atoms with van der Waals surface area (Å²) in [6, 6.07) is 4.57. The third-order valence-electron chi connectivity index (χ3n) is 2.08. The number of ether oxygens (including phenoxy) is 3. The molecule has 1 rings (SSSR count). The first kappa shape index (κ1) is 14.9. The molecule has 0 aliphatic carbocycles. The molecule has 0 radical (unpaired) electrons. The van der Waals surface area contributed by atoms with E-state index in [2.05, 4.69) is 15.9 Å². The quantitative estimate of drug-likeness (QED) is 0.775. The van der Waals surface area contributed by atoms with Crippen LogP contribution >= 0.6 is 15.9 Å². The lowest BCUT2D eigenvalue weighted by atomic mass is 10.3. The Balaban J connectivity index is 2.72. The van der Waals surface area contributed by atoms with Crippen molar-refractivity contribution in [2.24, 2.45) is 0 Å². The summed E-state index contributed by atoms with van der Waals surface area (Å²) >= 11 is 2.51. The van der Waals surface area contributed by atoms with Gasteiger partial charge in [-0.05, 0) is 0 Å². The van der Waals surface area contributed by atoms with E-state index in [0.29, 0.717) is 11.5 Å². The smallest absolute Gasteiger partial charge is 0.404 e. The molecule has 0 saturated carbocycles. The zero-order valence-electron chi connectivity index (χ0n) is 9.75. The lowest BCUT2D eigenvalue weighted by Crippen LogP contribution is -2.28. The molecule has 0 saturated heterocycles. The van der Waals surface area contributed by atoms with Crippen LogP contribution < -0.4 is 14.2 Å². The van der Waals surface area contributed by atoms with Crippen molar-refractivity contribution in [3.8, 4) is 17.2 Å². The molecular formula is C11H12BrF3O3. The van der Waals surface area contributed by atoms with E-state index < -0.39 is 17.6 Å². The second kappa shape index (κ2) is 6.17. The van der Waals surface area contributed by atoms with E-state index in [1.54, 1.807) is 6.07 Å². The van der Waals surface area contributed by atoms with Crippen LogP contribution in [0.15, 0.2) is 18.2 Å². The third-order valence-corrected chi connectivity index (χ3v) is 2.86. The van der Waals surface area contributed by atoms with E-state index in [9.17, 15) is 13.2 Å². The van der Waals surface area contributed by atoms with Gasteiger partial charge in [-0.1, -0.05) is 15.9 Å². The molecule has 3 nitrogen and oxygen atoms in total. The molecule has 0 fully saturated rings. The van der Waals surface area contributed by atoms with Crippen molar-refractivity contribution in [3.63, 3.8) is 0 Å². The lowest BCUT2D eigenvalue weighted by Gasteiger charge is -2.15. The van der Waals surface area contributed by atoms with E-state index in [-0.39, 0.29) is 5.75 Å². The van der Waals surface area contributed by atoms with Crippen molar-refractivity contribution < 1.29 is 27.4 Å². The fourth-order valence-corrected chi connectivity index (χ4v) is 1.26. The number of rotatable bonds is 5. The molecule has 1 atom stereocenters. The summed E-state index contributed by atoms with van der Waals surface area (Å²) < 4.78 is 51.8. The van der Waals surface area contributed by atoms with Gasteiger partial charge >= 0.3 is 6.18 Å².